The largest absolute Gasteiger partial charge is 0.368 e. The molecule has 0 radical (unpaired) electrons. The summed E-state index contributed by atoms with van der Waals surface area (Å²) in [6, 6.07) is 14.9. The maximum atomic E-state index is 13.1. The van der Waals surface area contributed by atoms with Gasteiger partial charge in [-0.25, -0.2) is 4.39 Å². The number of aromatic nitrogens is 5. The molecule has 1 saturated heterocycles. The molecule has 0 saturated carbocycles. The molecule has 4 aromatic rings. The van der Waals surface area contributed by atoms with E-state index in [1.165, 1.54) is 16.8 Å². The first-order valence-corrected chi connectivity index (χ1v) is 9.94. The summed E-state index contributed by atoms with van der Waals surface area (Å²) in [5.74, 6) is 1.22. The van der Waals surface area contributed by atoms with Gasteiger partial charge >= 0.3 is 0 Å². The van der Waals surface area contributed by atoms with E-state index in [1.807, 2.05) is 36.4 Å². The second kappa shape index (κ2) is 7.71. The van der Waals surface area contributed by atoms with Gasteiger partial charge in [-0.15, -0.1) is 14.8 Å². The molecule has 1 fully saturated rings. The van der Waals surface area contributed by atoms with Crippen molar-refractivity contribution in [2.45, 2.75) is 19.4 Å². The normalized spacial score (nSPS) is 15.9. The van der Waals surface area contributed by atoms with Crippen molar-refractivity contribution in [2.75, 3.05) is 25.0 Å². The van der Waals surface area contributed by atoms with Crippen LogP contribution in [0.15, 0.2) is 48.5 Å². The smallest absolute Gasteiger partial charge is 0.207 e. The zero-order chi connectivity index (χ0) is 19.6. The maximum Gasteiger partial charge on any atom is 0.207 e. The van der Waals surface area contributed by atoms with Gasteiger partial charge < -0.3 is 5.32 Å². The first kappa shape index (κ1) is 17.9. The highest BCUT2D eigenvalue weighted by atomic mass is 19.1. The van der Waals surface area contributed by atoms with Crippen LogP contribution >= 0.6 is 0 Å². The van der Waals surface area contributed by atoms with E-state index in [0.717, 1.165) is 61.2 Å². The average molecular weight is 391 g/mol. The number of nitrogens with zero attached hydrogens (tertiary/aromatic N) is 6. The predicted molar refractivity (Wildman–Crippen MR) is 109 cm³/mol. The Morgan fingerprint density at radius 3 is 2.55 bits per heavy atom. The molecule has 2 aromatic carbocycles. The Hall–Kier alpha value is -3.13. The second-order valence-corrected chi connectivity index (χ2v) is 7.61. The number of hydrogen-bond acceptors (Lipinski definition) is 6. The zero-order valence-electron chi connectivity index (χ0n) is 16.0. The Morgan fingerprint density at radius 2 is 1.76 bits per heavy atom. The lowest BCUT2D eigenvalue weighted by Crippen LogP contribution is -2.35. The third-order valence-corrected chi connectivity index (χ3v) is 5.66. The van der Waals surface area contributed by atoms with Gasteiger partial charge in [-0.05, 0) is 60.0 Å². The monoisotopic (exact) mass is 391 g/mol. The van der Waals surface area contributed by atoms with Gasteiger partial charge in [0, 0.05) is 23.9 Å². The number of nitrogens with one attached hydrogen (secondary N) is 1. The van der Waals surface area contributed by atoms with Gasteiger partial charge in [0.25, 0.3) is 0 Å². The molecule has 1 aliphatic heterocycles. The van der Waals surface area contributed by atoms with Crippen molar-refractivity contribution >= 4 is 22.2 Å². The van der Waals surface area contributed by atoms with E-state index in [1.54, 1.807) is 0 Å². The van der Waals surface area contributed by atoms with Crippen molar-refractivity contribution in [1.82, 2.24) is 30.2 Å². The van der Waals surface area contributed by atoms with Crippen molar-refractivity contribution in [3.8, 4) is 0 Å². The van der Waals surface area contributed by atoms with Crippen LogP contribution < -0.4 is 5.32 Å². The molecule has 1 N–H and O–H groups in total. The van der Waals surface area contributed by atoms with Crippen molar-refractivity contribution in [3.05, 3.63) is 59.9 Å². The van der Waals surface area contributed by atoms with Crippen LogP contribution in [0.3, 0.4) is 0 Å². The molecule has 3 heterocycles. The molecule has 0 spiro atoms. The number of likely N-dealkylation sites (tertiary alicyclic amines) is 1. The summed E-state index contributed by atoms with van der Waals surface area (Å²) in [6.07, 6.45) is 2.25. The van der Waals surface area contributed by atoms with Crippen LogP contribution in [-0.2, 0) is 6.54 Å². The molecule has 8 heteroatoms. The van der Waals surface area contributed by atoms with Gasteiger partial charge in [-0.1, -0.05) is 36.4 Å². The van der Waals surface area contributed by atoms with Crippen molar-refractivity contribution < 1.29 is 4.39 Å². The molecule has 148 valence electrons. The minimum Gasteiger partial charge on any atom is -0.368 e. The van der Waals surface area contributed by atoms with Crippen LogP contribution in [0.4, 0.5) is 10.2 Å². The molecular weight excluding hydrogens is 369 g/mol. The number of piperidine rings is 1. The minimum absolute atomic E-state index is 0.181. The summed E-state index contributed by atoms with van der Waals surface area (Å²) >= 11 is 0. The van der Waals surface area contributed by atoms with Crippen LogP contribution in [0.2, 0.25) is 0 Å². The van der Waals surface area contributed by atoms with E-state index in [0.29, 0.717) is 11.6 Å². The lowest BCUT2D eigenvalue weighted by molar-refractivity contribution is 0.182. The summed E-state index contributed by atoms with van der Waals surface area (Å²) in [4.78, 5) is 2.44. The lowest BCUT2D eigenvalue weighted by atomic mass is 9.96. The number of benzene rings is 2. The third kappa shape index (κ3) is 3.75. The van der Waals surface area contributed by atoms with Crippen LogP contribution in [-0.4, -0.2) is 49.8 Å². The highest BCUT2D eigenvalue weighted by molar-refractivity contribution is 5.99. The predicted octanol–water partition coefficient (Wildman–Crippen LogP) is 3.14. The molecule has 0 atom stereocenters. The summed E-state index contributed by atoms with van der Waals surface area (Å²) < 4.78 is 14.6. The van der Waals surface area contributed by atoms with Crippen molar-refractivity contribution in [1.29, 1.82) is 0 Å². The molecule has 0 aliphatic carbocycles. The molecule has 5 rings (SSSR count). The molecule has 2 aromatic heterocycles. The minimum atomic E-state index is -0.181. The topological polar surface area (TPSA) is 71.2 Å². The van der Waals surface area contributed by atoms with Crippen LogP contribution in [0.5, 0.6) is 0 Å². The fourth-order valence-electron chi connectivity index (χ4n) is 4.01. The Balaban J connectivity index is 1.22. The van der Waals surface area contributed by atoms with Gasteiger partial charge in [0.15, 0.2) is 5.82 Å². The standard InChI is InChI=1S/C21H22FN7/c22-17-7-5-16(6-8-17)14-28-11-9-15(10-12-28)13-23-20-18-3-1-2-4-19(18)21-24-26-27-29(21)25-20/h1-8,15H,9-14H2,(H,23,25). The second-order valence-electron chi connectivity index (χ2n) is 7.61. The molecule has 0 unspecified atom stereocenters. The van der Waals surface area contributed by atoms with Gasteiger partial charge in [0.05, 0.1) is 0 Å². The summed E-state index contributed by atoms with van der Waals surface area (Å²) in [7, 11) is 0. The number of tetrazole rings is 1. The number of halogens is 1. The van der Waals surface area contributed by atoms with Gasteiger partial charge in [-0.2, -0.15) is 0 Å². The molecule has 0 bridgehead atoms. The quantitative estimate of drug-likeness (QED) is 0.564. The molecule has 1 aliphatic rings. The fourth-order valence-corrected chi connectivity index (χ4v) is 4.01. The molecular formula is C21H22FN7. The Morgan fingerprint density at radius 1 is 1.00 bits per heavy atom. The van der Waals surface area contributed by atoms with Crippen molar-refractivity contribution in [3.63, 3.8) is 0 Å². The number of rotatable bonds is 5. The maximum absolute atomic E-state index is 13.1. The Labute approximate surface area is 167 Å². The summed E-state index contributed by atoms with van der Waals surface area (Å²) in [5.41, 5.74) is 1.83. The number of anilines is 1. The van der Waals surface area contributed by atoms with Gasteiger partial charge in [0.2, 0.25) is 5.65 Å². The SMILES string of the molecule is Fc1ccc(CN2CCC(CNc3nn4nnnc4c4ccccc34)CC2)cc1. The molecule has 29 heavy (non-hydrogen) atoms. The first-order valence-electron chi connectivity index (χ1n) is 9.94. The zero-order valence-corrected chi connectivity index (χ0v) is 16.0. The van der Waals surface area contributed by atoms with Crippen LogP contribution in [0.25, 0.3) is 16.4 Å². The third-order valence-electron chi connectivity index (χ3n) is 5.66. The highest BCUT2D eigenvalue weighted by Crippen LogP contribution is 2.25. The van der Waals surface area contributed by atoms with Gasteiger partial charge in [-0.3, -0.25) is 4.90 Å². The summed E-state index contributed by atoms with van der Waals surface area (Å²) in [5, 5.41) is 21.9. The van der Waals surface area contributed by atoms with Crippen molar-refractivity contribution in [2.24, 2.45) is 5.92 Å². The van der Waals surface area contributed by atoms with Gasteiger partial charge in [0.1, 0.15) is 5.82 Å². The molecule has 0 amide bonds. The fraction of sp³-hybridized carbons (Fsp3) is 0.333. The van der Waals surface area contributed by atoms with E-state index in [-0.39, 0.29) is 5.82 Å². The van der Waals surface area contributed by atoms with E-state index in [4.69, 9.17) is 0 Å². The first-order chi connectivity index (χ1) is 14.3. The van der Waals surface area contributed by atoms with E-state index in [9.17, 15) is 4.39 Å². The van der Waals surface area contributed by atoms with E-state index in [2.05, 4.69) is 30.8 Å². The Bertz CT molecular complexity index is 1120. The Kier molecular flexibility index (Phi) is 4.77. The van der Waals surface area contributed by atoms with Crippen LogP contribution in [0, 0.1) is 11.7 Å². The number of hydrogen-bond donors (Lipinski definition) is 1. The molecule has 7 nitrogen and oxygen atoms in total. The van der Waals surface area contributed by atoms with E-state index < -0.39 is 0 Å². The average Bonchev–Trinajstić information content (AvgIpc) is 3.23. The highest BCUT2D eigenvalue weighted by Gasteiger charge is 2.20. The summed E-state index contributed by atoms with van der Waals surface area (Å²) in [6.45, 7) is 3.84. The van der Waals surface area contributed by atoms with E-state index >= 15 is 0 Å². The number of fused-ring (bicyclic) bond motifs is 3. The van der Waals surface area contributed by atoms with Crippen LogP contribution in [0.1, 0.15) is 18.4 Å². The lowest BCUT2D eigenvalue weighted by Gasteiger charge is -2.32.